The number of aryl methyl sites for hydroxylation is 1. The Hall–Kier alpha value is -3.17. The van der Waals surface area contributed by atoms with Gasteiger partial charge in [-0.15, -0.1) is 10.2 Å². The zero-order valence-electron chi connectivity index (χ0n) is 14.2. The van der Waals surface area contributed by atoms with Crippen molar-refractivity contribution in [1.82, 2.24) is 25.1 Å². The summed E-state index contributed by atoms with van der Waals surface area (Å²) in [6, 6.07) is 16.6. The highest BCUT2D eigenvalue weighted by atomic mass is 32.1. The monoisotopic (exact) mass is 394 g/mol. The predicted octanol–water partition coefficient (Wildman–Crippen LogP) is 3.29. The van der Waals surface area contributed by atoms with Gasteiger partial charge in [0.25, 0.3) is 5.91 Å². The molecule has 4 aromatic rings. The molecule has 0 saturated carbocycles. The van der Waals surface area contributed by atoms with E-state index in [0.717, 1.165) is 27.0 Å². The van der Waals surface area contributed by atoms with E-state index in [1.807, 2.05) is 37.3 Å². The third-order valence-electron chi connectivity index (χ3n) is 3.80. The number of nitrogens with zero attached hydrogens (tertiary/aromatic N) is 4. The summed E-state index contributed by atoms with van der Waals surface area (Å²) in [6.07, 6.45) is 0. The molecule has 0 aliphatic rings. The minimum atomic E-state index is -0.250. The van der Waals surface area contributed by atoms with Crippen LogP contribution >= 0.6 is 23.6 Å². The van der Waals surface area contributed by atoms with Gasteiger partial charge in [0.1, 0.15) is 5.01 Å². The molecule has 4 rings (SSSR count). The smallest absolute Gasteiger partial charge is 0.257 e. The van der Waals surface area contributed by atoms with Crippen LogP contribution in [0, 0.1) is 6.92 Å². The molecule has 27 heavy (non-hydrogen) atoms. The van der Waals surface area contributed by atoms with Crippen LogP contribution < -0.4 is 10.6 Å². The number of amides is 1. The molecule has 0 aliphatic carbocycles. The van der Waals surface area contributed by atoms with Crippen LogP contribution in [0.5, 0.6) is 0 Å². The van der Waals surface area contributed by atoms with Crippen molar-refractivity contribution >= 4 is 45.2 Å². The van der Waals surface area contributed by atoms with Crippen molar-refractivity contribution in [3.8, 4) is 10.6 Å². The fraction of sp³-hybridized carbons (Fsp3) is 0.0556. The number of rotatable bonds is 3. The Morgan fingerprint density at radius 2 is 1.81 bits per heavy atom. The number of carbonyl (C=O) groups excluding carboxylic acids is 1. The van der Waals surface area contributed by atoms with Crippen LogP contribution in [-0.2, 0) is 0 Å². The standard InChI is InChI=1S/C18H14N6OS2/c1-11-21-22-18-24(11)23-16(27-18)13-7-9-14(10-8-13)19-17(26)20-15(25)12-5-3-2-4-6-12/h2-10H,1H3,(H2,19,20,25,26). The quantitative estimate of drug-likeness (QED) is 0.519. The molecular weight excluding hydrogens is 380 g/mol. The van der Waals surface area contributed by atoms with Gasteiger partial charge in [-0.2, -0.15) is 9.61 Å². The Bertz CT molecular complexity index is 1120. The third-order valence-corrected chi connectivity index (χ3v) is 4.95. The molecule has 0 atom stereocenters. The summed E-state index contributed by atoms with van der Waals surface area (Å²) in [5.41, 5.74) is 2.29. The lowest BCUT2D eigenvalue weighted by molar-refractivity contribution is 0.0977. The Kier molecular flexibility index (Phi) is 4.61. The van der Waals surface area contributed by atoms with Crippen molar-refractivity contribution in [3.05, 3.63) is 66.0 Å². The molecule has 0 spiro atoms. The molecule has 0 radical (unpaired) electrons. The van der Waals surface area contributed by atoms with Crippen LogP contribution in [0.3, 0.4) is 0 Å². The largest absolute Gasteiger partial charge is 0.332 e. The topological polar surface area (TPSA) is 84.2 Å². The number of hydrogen-bond donors (Lipinski definition) is 2. The van der Waals surface area contributed by atoms with E-state index in [2.05, 4.69) is 25.9 Å². The maximum atomic E-state index is 12.1. The molecule has 2 heterocycles. The number of fused-ring (bicyclic) bond motifs is 1. The molecule has 2 N–H and O–H groups in total. The molecule has 1 amide bonds. The highest BCUT2D eigenvalue weighted by Crippen LogP contribution is 2.26. The first-order valence-corrected chi connectivity index (χ1v) is 9.29. The van der Waals surface area contributed by atoms with E-state index in [-0.39, 0.29) is 11.0 Å². The fourth-order valence-electron chi connectivity index (χ4n) is 2.45. The second-order valence-electron chi connectivity index (χ2n) is 5.70. The number of carbonyl (C=O) groups is 1. The van der Waals surface area contributed by atoms with E-state index in [9.17, 15) is 4.79 Å². The second-order valence-corrected chi connectivity index (χ2v) is 7.06. The number of benzene rings is 2. The van der Waals surface area contributed by atoms with Crippen LogP contribution in [0.15, 0.2) is 54.6 Å². The highest BCUT2D eigenvalue weighted by Gasteiger charge is 2.11. The maximum absolute atomic E-state index is 12.1. The first-order chi connectivity index (χ1) is 13.1. The van der Waals surface area contributed by atoms with Gasteiger partial charge in [0, 0.05) is 16.8 Å². The van der Waals surface area contributed by atoms with E-state index < -0.39 is 0 Å². The summed E-state index contributed by atoms with van der Waals surface area (Å²) in [4.78, 5) is 12.9. The molecule has 7 nitrogen and oxygen atoms in total. The summed E-state index contributed by atoms with van der Waals surface area (Å²) >= 11 is 6.69. The molecule has 0 unspecified atom stereocenters. The molecule has 2 aromatic heterocycles. The van der Waals surface area contributed by atoms with E-state index in [1.54, 1.807) is 28.8 Å². The second kappa shape index (κ2) is 7.22. The lowest BCUT2D eigenvalue weighted by Gasteiger charge is -2.10. The van der Waals surface area contributed by atoms with Crippen LogP contribution in [0.4, 0.5) is 5.69 Å². The number of thiocarbonyl (C=S) groups is 1. The van der Waals surface area contributed by atoms with Crippen LogP contribution in [-0.4, -0.2) is 30.8 Å². The van der Waals surface area contributed by atoms with E-state index in [0.29, 0.717) is 5.56 Å². The molecule has 0 saturated heterocycles. The lowest BCUT2D eigenvalue weighted by Crippen LogP contribution is -2.34. The molecule has 2 aromatic carbocycles. The van der Waals surface area contributed by atoms with Gasteiger partial charge in [0.05, 0.1) is 0 Å². The summed E-state index contributed by atoms with van der Waals surface area (Å²) in [5.74, 6) is 0.505. The average molecular weight is 394 g/mol. The molecule has 0 bridgehead atoms. The molecule has 0 fully saturated rings. The van der Waals surface area contributed by atoms with Crippen molar-refractivity contribution in [3.63, 3.8) is 0 Å². The van der Waals surface area contributed by atoms with Crippen molar-refractivity contribution in [2.24, 2.45) is 0 Å². The van der Waals surface area contributed by atoms with Gasteiger partial charge in [-0.1, -0.05) is 29.5 Å². The minimum absolute atomic E-state index is 0.242. The fourth-order valence-corrected chi connectivity index (χ4v) is 3.56. The number of hydrogen-bond acceptors (Lipinski definition) is 6. The van der Waals surface area contributed by atoms with Crippen molar-refractivity contribution < 1.29 is 4.79 Å². The Labute approximate surface area is 164 Å². The van der Waals surface area contributed by atoms with Gasteiger partial charge in [0.2, 0.25) is 4.96 Å². The molecule has 134 valence electrons. The predicted molar refractivity (Wildman–Crippen MR) is 109 cm³/mol. The van der Waals surface area contributed by atoms with E-state index >= 15 is 0 Å². The third kappa shape index (κ3) is 3.69. The maximum Gasteiger partial charge on any atom is 0.257 e. The van der Waals surface area contributed by atoms with E-state index in [1.165, 1.54) is 11.3 Å². The average Bonchev–Trinajstić information content (AvgIpc) is 3.25. The summed E-state index contributed by atoms with van der Waals surface area (Å²) in [7, 11) is 0. The first kappa shape index (κ1) is 17.3. The summed E-state index contributed by atoms with van der Waals surface area (Å²) < 4.78 is 1.72. The molecule has 9 heteroatoms. The van der Waals surface area contributed by atoms with Gasteiger partial charge in [-0.05, 0) is 55.5 Å². The van der Waals surface area contributed by atoms with Gasteiger partial charge < -0.3 is 5.32 Å². The normalized spacial score (nSPS) is 10.7. The number of anilines is 1. The number of nitrogens with one attached hydrogen (secondary N) is 2. The SMILES string of the molecule is Cc1nnc2sc(-c3ccc(NC(=S)NC(=O)c4ccccc4)cc3)nn12. The molecule has 0 aliphatic heterocycles. The van der Waals surface area contributed by atoms with Gasteiger partial charge in [-0.25, -0.2) is 0 Å². The van der Waals surface area contributed by atoms with Crippen molar-refractivity contribution in [2.45, 2.75) is 6.92 Å². The Balaban J connectivity index is 1.43. The summed E-state index contributed by atoms with van der Waals surface area (Å²) in [5, 5.41) is 19.3. The van der Waals surface area contributed by atoms with E-state index in [4.69, 9.17) is 12.2 Å². The first-order valence-electron chi connectivity index (χ1n) is 8.07. The lowest BCUT2D eigenvalue weighted by atomic mass is 10.2. The summed E-state index contributed by atoms with van der Waals surface area (Å²) in [6.45, 7) is 1.86. The molecular formula is C18H14N6OS2. The van der Waals surface area contributed by atoms with Crippen molar-refractivity contribution in [2.75, 3.05) is 5.32 Å². The van der Waals surface area contributed by atoms with Gasteiger partial charge in [0.15, 0.2) is 10.9 Å². The highest BCUT2D eigenvalue weighted by molar-refractivity contribution is 7.80. The minimum Gasteiger partial charge on any atom is -0.332 e. The Morgan fingerprint density at radius 3 is 2.52 bits per heavy atom. The van der Waals surface area contributed by atoms with Crippen LogP contribution in [0.2, 0.25) is 0 Å². The zero-order valence-corrected chi connectivity index (χ0v) is 15.8. The van der Waals surface area contributed by atoms with Crippen molar-refractivity contribution in [1.29, 1.82) is 0 Å². The zero-order chi connectivity index (χ0) is 18.8. The van der Waals surface area contributed by atoms with Crippen LogP contribution in [0.25, 0.3) is 15.5 Å². The van der Waals surface area contributed by atoms with Gasteiger partial charge in [-0.3, -0.25) is 10.1 Å². The van der Waals surface area contributed by atoms with Gasteiger partial charge >= 0.3 is 0 Å². The Morgan fingerprint density at radius 1 is 1.07 bits per heavy atom. The van der Waals surface area contributed by atoms with Crippen LogP contribution in [0.1, 0.15) is 16.2 Å². The number of aromatic nitrogens is 4.